The Labute approximate surface area is 123 Å². The molecule has 3 heteroatoms. The van der Waals surface area contributed by atoms with E-state index in [-0.39, 0.29) is 0 Å². The lowest BCUT2D eigenvalue weighted by molar-refractivity contribution is 0.403. The van der Waals surface area contributed by atoms with Gasteiger partial charge in [0.15, 0.2) is 0 Å². The predicted molar refractivity (Wildman–Crippen MR) is 86.0 cm³/mol. The van der Waals surface area contributed by atoms with Gasteiger partial charge in [0.25, 0.3) is 0 Å². The van der Waals surface area contributed by atoms with Gasteiger partial charge in [0.1, 0.15) is 5.82 Å². The molecule has 0 amide bonds. The molecule has 0 bridgehead atoms. The number of anilines is 1. The zero-order chi connectivity index (χ0) is 14.4. The molecule has 20 heavy (non-hydrogen) atoms. The predicted octanol–water partition coefficient (Wildman–Crippen LogP) is 3.45. The average Bonchev–Trinajstić information content (AvgIpc) is 2.47. The molecule has 1 aliphatic rings. The molecule has 0 saturated carbocycles. The summed E-state index contributed by atoms with van der Waals surface area (Å²) in [6, 6.07) is 4.38. The smallest absolute Gasteiger partial charge is 0.128 e. The fraction of sp³-hybridized carbons (Fsp3) is 0.706. The van der Waals surface area contributed by atoms with E-state index in [0.29, 0.717) is 5.92 Å². The molecule has 1 aromatic rings. The zero-order valence-electron chi connectivity index (χ0n) is 13.2. The Morgan fingerprint density at radius 3 is 3.05 bits per heavy atom. The Bertz CT molecular complexity index is 403. The van der Waals surface area contributed by atoms with Crippen LogP contribution in [0.5, 0.6) is 0 Å². The van der Waals surface area contributed by atoms with E-state index >= 15 is 0 Å². The van der Waals surface area contributed by atoms with Crippen molar-refractivity contribution in [2.24, 2.45) is 11.8 Å². The van der Waals surface area contributed by atoms with Crippen molar-refractivity contribution in [2.45, 2.75) is 46.6 Å². The van der Waals surface area contributed by atoms with Gasteiger partial charge in [-0.2, -0.15) is 0 Å². The Morgan fingerprint density at radius 1 is 1.45 bits per heavy atom. The van der Waals surface area contributed by atoms with E-state index in [1.807, 2.05) is 6.20 Å². The lowest BCUT2D eigenvalue weighted by Crippen LogP contribution is -2.35. The molecular weight excluding hydrogens is 246 g/mol. The highest BCUT2D eigenvalue weighted by atomic mass is 15.2. The van der Waals surface area contributed by atoms with Gasteiger partial charge in [-0.15, -0.1) is 0 Å². The van der Waals surface area contributed by atoms with E-state index in [0.717, 1.165) is 31.4 Å². The first kappa shape index (κ1) is 15.3. The maximum absolute atomic E-state index is 4.57. The summed E-state index contributed by atoms with van der Waals surface area (Å²) in [6.07, 6.45) is 5.92. The van der Waals surface area contributed by atoms with Crippen molar-refractivity contribution in [3.05, 3.63) is 23.9 Å². The first-order chi connectivity index (χ1) is 9.69. The SMILES string of the molecule is CCC1CCCN(c2cc(CNCC(C)C)ccn2)C1. The van der Waals surface area contributed by atoms with Gasteiger partial charge in [0.2, 0.25) is 0 Å². The number of rotatable bonds is 6. The van der Waals surface area contributed by atoms with Crippen LogP contribution in [0.1, 0.15) is 45.6 Å². The second-order valence-corrected chi connectivity index (χ2v) is 6.41. The molecule has 1 saturated heterocycles. The third kappa shape index (κ3) is 4.48. The Hall–Kier alpha value is -1.09. The monoisotopic (exact) mass is 275 g/mol. The second kappa shape index (κ2) is 7.63. The van der Waals surface area contributed by atoms with Crippen molar-refractivity contribution in [3.8, 4) is 0 Å². The number of hydrogen-bond acceptors (Lipinski definition) is 3. The zero-order valence-corrected chi connectivity index (χ0v) is 13.2. The Morgan fingerprint density at radius 2 is 2.30 bits per heavy atom. The van der Waals surface area contributed by atoms with Gasteiger partial charge in [-0.25, -0.2) is 4.98 Å². The number of hydrogen-bond donors (Lipinski definition) is 1. The largest absolute Gasteiger partial charge is 0.356 e. The van der Waals surface area contributed by atoms with E-state index in [1.54, 1.807) is 0 Å². The average molecular weight is 275 g/mol. The van der Waals surface area contributed by atoms with Crippen molar-refractivity contribution < 1.29 is 0 Å². The van der Waals surface area contributed by atoms with Gasteiger partial charge in [-0.05, 0) is 48.9 Å². The summed E-state index contributed by atoms with van der Waals surface area (Å²) in [4.78, 5) is 7.04. The molecule has 0 aromatic carbocycles. The van der Waals surface area contributed by atoms with Crippen LogP contribution < -0.4 is 10.2 Å². The van der Waals surface area contributed by atoms with Crippen molar-refractivity contribution in [1.29, 1.82) is 0 Å². The van der Waals surface area contributed by atoms with Gasteiger partial charge in [0.05, 0.1) is 0 Å². The molecule has 1 unspecified atom stereocenters. The number of piperidine rings is 1. The van der Waals surface area contributed by atoms with Crippen LogP contribution in [-0.2, 0) is 6.54 Å². The van der Waals surface area contributed by atoms with E-state index in [2.05, 4.69) is 48.1 Å². The summed E-state index contributed by atoms with van der Waals surface area (Å²) in [5.41, 5.74) is 1.34. The lowest BCUT2D eigenvalue weighted by Gasteiger charge is -2.33. The van der Waals surface area contributed by atoms with Crippen molar-refractivity contribution in [3.63, 3.8) is 0 Å². The lowest BCUT2D eigenvalue weighted by atomic mass is 9.95. The fourth-order valence-electron chi connectivity index (χ4n) is 2.86. The van der Waals surface area contributed by atoms with Gasteiger partial charge in [-0.1, -0.05) is 27.2 Å². The summed E-state index contributed by atoms with van der Waals surface area (Å²) >= 11 is 0. The highest BCUT2D eigenvalue weighted by molar-refractivity contribution is 5.41. The second-order valence-electron chi connectivity index (χ2n) is 6.41. The summed E-state index contributed by atoms with van der Waals surface area (Å²) in [5, 5.41) is 3.50. The first-order valence-electron chi connectivity index (χ1n) is 8.09. The number of nitrogens with one attached hydrogen (secondary N) is 1. The molecule has 3 nitrogen and oxygen atoms in total. The highest BCUT2D eigenvalue weighted by Crippen LogP contribution is 2.23. The maximum atomic E-state index is 4.57. The molecule has 1 atom stereocenters. The molecule has 1 aromatic heterocycles. The summed E-state index contributed by atoms with van der Waals surface area (Å²) in [6.45, 7) is 11.1. The van der Waals surface area contributed by atoms with Crippen LogP contribution in [0.25, 0.3) is 0 Å². The summed E-state index contributed by atoms with van der Waals surface area (Å²) in [7, 11) is 0. The van der Waals surface area contributed by atoms with Crippen LogP contribution in [0.3, 0.4) is 0 Å². The maximum Gasteiger partial charge on any atom is 0.128 e. The fourth-order valence-corrected chi connectivity index (χ4v) is 2.86. The molecule has 112 valence electrons. The molecule has 0 radical (unpaired) electrons. The number of pyridine rings is 1. The van der Waals surface area contributed by atoms with Gasteiger partial charge < -0.3 is 10.2 Å². The third-order valence-electron chi connectivity index (χ3n) is 4.11. The molecular formula is C17H29N3. The minimum Gasteiger partial charge on any atom is -0.356 e. The van der Waals surface area contributed by atoms with Crippen LogP contribution in [-0.4, -0.2) is 24.6 Å². The van der Waals surface area contributed by atoms with Crippen LogP contribution in [0, 0.1) is 11.8 Å². The van der Waals surface area contributed by atoms with Crippen LogP contribution in [0.2, 0.25) is 0 Å². The minimum atomic E-state index is 0.698. The quantitative estimate of drug-likeness (QED) is 0.862. The van der Waals surface area contributed by atoms with Crippen molar-refractivity contribution in [2.75, 3.05) is 24.5 Å². The minimum absolute atomic E-state index is 0.698. The normalized spacial score (nSPS) is 19.6. The topological polar surface area (TPSA) is 28.2 Å². The Balaban J connectivity index is 1.94. The summed E-state index contributed by atoms with van der Waals surface area (Å²) < 4.78 is 0. The van der Waals surface area contributed by atoms with E-state index < -0.39 is 0 Å². The molecule has 0 spiro atoms. The number of nitrogens with zero attached hydrogens (tertiary/aromatic N) is 2. The molecule has 1 aliphatic heterocycles. The van der Waals surface area contributed by atoms with Crippen LogP contribution >= 0.6 is 0 Å². The molecule has 1 fully saturated rings. The standard InChI is InChI=1S/C17H29N3/c1-4-15-6-5-9-20(13-15)17-10-16(7-8-19-17)12-18-11-14(2)3/h7-8,10,14-15,18H,4-6,9,11-13H2,1-3H3. The first-order valence-corrected chi connectivity index (χ1v) is 8.09. The molecule has 2 rings (SSSR count). The van der Waals surface area contributed by atoms with E-state index in [4.69, 9.17) is 0 Å². The van der Waals surface area contributed by atoms with Crippen molar-refractivity contribution >= 4 is 5.82 Å². The van der Waals surface area contributed by atoms with E-state index in [1.165, 1.54) is 31.4 Å². The highest BCUT2D eigenvalue weighted by Gasteiger charge is 2.19. The Kier molecular flexibility index (Phi) is 5.84. The van der Waals surface area contributed by atoms with Gasteiger partial charge >= 0.3 is 0 Å². The number of aromatic nitrogens is 1. The van der Waals surface area contributed by atoms with E-state index in [9.17, 15) is 0 Å². The summed E-state index contributed by atoms with van der Waals surface area (Å²) in [5.74, 6) is 2.70. The van der Waals surface area contributed by atoms with Gasteiger partial charge in [0, 0.05) is 25.8 Å². The van der Waals surface area contributed by atoms with Gasteiger partial charge in [-0.3, -0.25) is 0 Å². The van der Waals surface area contributed by atoms with Crippen molar-refractivity contribution in [1.82, 2.24) is 10.3 Å². The molecule has 0 aliphatic carbocycles. The van der Waals surface area contributed by atoms with Crippen LogP contribution in [0.15, 0.2) is 18.3 Å². The third-order valence-corrected chi connectivity index (χ3v) is 4.11. The molecule has 2 heterocycles. The van der Waals surface area contributed by atoms with Crippen LogP contribution in [0.4, 0.5) is 5.82 Å². The molecule has 1 N–H and O–H groups in total.